The van der Waals surface area contributed by atoms with Crippen LogP contribution in [0.5, 0.6) is 0 Å². The summed E-state index contributed by atoms with van der Waals surface area (Å²) < 4.78 is 1.88. The van der Waals surface area contributed by atoms with Crippen LogP contribution in [0.3, 0.4) is 0 Å². The zero-order valence-electron chi connectivity index (χ0n) is 16.7. The van der Waals surface area contributed by atoms with Crippen molar-refractivity contribution in [2.24, 2.45) is 0 Å². The minimum absolute atomic E-state index is 0.0257. The first kappa shape index (κ1) is 18.6. The van der Waals surface area contributed by atoms with E-state index in [1.807, 2.05) is 15.6 Å². The Bertz CT molecular complexity index is 976. The number of rotatable bonds is 4. The highest BCUT2D eigenvalue weighted by Gasteiger charge is 2.29. The zero-order chi connectivity index (χ0) is 19.7. The van der Waals surface area contributed by atoms with Crippen molar-refractivity contribution >= 4 is 16.9 Å². The van der Waals surface area contributed by atoms with E-state index in [0.717, 1.165) is 30.5 Å². The highest BCUT2D eigenvalue weighted by molar-refractivity contribution is 5.97. The monoisotopic (exact) mass is 377 g/mol. The van der Waals surface area contributed by atoms with Gasteiger partial charge in [0.25, 0.3) is 5.91 Å². The first-order valence-electron chi connectivity index (χ1n) is 10.0. The second-order valence-corrected chi connectivity index (χ2v) is 7.63. The maximum Gasteiger partial charge on any atom is 0.256 e. The fraction of sp³-hybridized carbons (Fsp3) is 0.409. The Hall–Kier alpha value is -2.73. The third kappa shape index (κ3) is 3.40. The Balaban J connectivity index is 1.63. The number of carbonyl (C=O) groups is 1. The van der Waals surface area contributed by atoms with Gasteiger partial charge >= 0.3 is 0 Å². The molecule has 1 aliphatic rings. The molecule has 146 valence electrons. The number of fused-ring (bicyclic) bond motifs is 1. The van der Waals surface area contributed by atoms with E-state index in [1.165, 1.54) is 11.1 Å². The van der Waals surface area contributed by atoms with Crippen LogP contribution in [0.15, 0.2) is 42.7 Å². The number of amides is 1. The lowest BCUT2D eigenvalue weighted by Crippen LogP contribution is -2.48. The lowest BCUT2D eigenvalue weighted by atomic mass is 10.00. The van der Waals surface area contributed by atoms with Gasteiger partial charge in [-0.2, -0.15) is 5.10 Å². The second kappa shape index (κ2) is 7.72. The summed E-state index contributed by atoms with van der Waals surface area (Å²) in [6.07, 6.45) is 4.49. The van der Waals surface area contributed by atoms with Gasteiger partial charge < -0.3 is 10.2 Å². The number of hydrogen-bond donors (Lipinski definition) is 1. The van der Waals surface area contributed by atoms with Crippen molar-refractivity contribution in [1.29, 1.82) is 0 Å². The summed E-state index contributed by atoms with van der Waals surface area (Å²) in [4.78, 5) is 19.8. The van der Waals surface area contributed by atoms with Crippen molar-refractivity contribution < 1.29 is 4.79 Å². The number of hydrogen-bond acceptors (Lipinski definition) is 4. The van der Waals surface area contributed by atoms with Gasteiger partial charge in [-0.3, -0.25) is 4.79 Å². The van der Waals surface area contributed by atoms with Crippen molar-refractivity contribution in [3.05, 3.63) is 59.4 Å². The van der Waals surface area contributed by atoms with Crippen molar-refractivity contribution in [3.63, 3.8) is 0 Å². The quantitative estimate of drug-likeness (QED) is 0.757. The molecule has 1 aromatic carbocycles. The molecule has 0 saturated carbocycles. The Morgan fingerprint density at radius 1 is 1.25 bits per heavy atom. The van der Waals surface area contributed by atoms with Crippen LogP contribution in [-0.2, 0) is 6.42 Å². The highest BCUT2D eigenvalue weighted by Crippen LogP contribution is 2.26. The molecule has 1 N–H and O–H groups in total. The Kier molecular flexibility index (Phi) is 5.13. The van der Waals surface area contributed by atoms with Crippen molar-refractivity contribution in [2.45, 2.75) is 39.3 Å². The van der Waals surface area contributed by atoms with E-state index in [2.05, 4.69) is 60.4 Å². The van der Waals surface area contributed by atoms with Crippen LogP contribution in [0.25, 0.3) is 11.0 Å². The van der Waals surface area contributed by atoms with Gasteiger partial charge in [-0.05, 0) is 37.5 Å². The maximum absolute atomic E-state index is 13.3. The van der Waals surface area contributed by atoms with Crippen molar-refractivity contribution in [2.75, 3.05) is 19.6 Å². The fourth-order valence-electron chi connectivity index (χ4n) is 3.82. The molecule has 0 spiro atoms. The predicted molar refractivity (Wildman–Crippen MR) is 110 cm³/mol. The minimum atomic E-state index is 0.0257. The summed E-state index contributed by atoms with van der Waals surface area (Å²) in [6, 6.07) is 10.8. The van der Waals surface area contributed by atoms with E-state index in [1.54, 1.807) is 12.4 Å². The van der Waals surface area contributed by atoms with Crippen LogP contribution >= 0.6 is 0 Å². The van der Waals surface area contributed by atoms with Crippen LogP contribution in [0.1, 0.15) is 54.3 Å². The van der Waals surface area contributed by atoms with Gasteiger partial charge in [0, 0.05) is 37.3 Å². The van der Waals surface area contributed by atoms with Crippen molar-refractivity contribution in [1.82, 2.24) is 25.0 Å². The molecule has 2 aromatic heterocycles. The molecule has 1 aliphatic heterocycles. The normalized spacial score (nSPS) is 17.4. The van der Waals surface area contributed by atoms with E-state index in [-0.39, 0.29) is 18.0 Å². The third-order valence-electron chi connectivity index (χ3n) is 5.45. The molecule has 1 fully saturated rings. The lowest BCUT2D eigenvalue weighted by molar-refractivity contribution is 0.0634. The number of nitrogens with zero attached hydrogens (tertiary/aromatic N) is 4. The van der Waals surface area contributed by atoms with Crippen LogP contribution in [0.2, 0.25) is 0 Å². The molecular weight excluding hydrogens is 350 g/mol. The summed E-state index contributed by atoms with van der Waals surface area (Å²) in [7, 11) is 0. The first-order valence-corrected chi connectivity index (χ1v) is 10.0. The fourth-order valence-corrected chi connectivity index (χ4v) is 3.82. The summed E-state index contributed by atoms with van der Waals surface area (Å²) in [5, 5.41) is 8.73. The Morgan fingerprint density at radius 2 is 2.04 bits per heavy atom. The van der Waals surface area contributed by atoms with Gasteiger partial charge in [-0.15, -0.1) is 0 Å². The van der Waals surface area contributed by atoms with E-state index in [9.17, 15) is 4.79 Å². The molecule has 0 bridgehead atoms. The predicted octanol–water partition coefficient (Wildman–Crippen LogP) is 3.36. The SMILES string of the molecule is CCc1ccc(C2CNCCN2C(=O)c2cnc3c(cnn3C(C)C)c2)cc1. The van der Waals surface area contributed by atoms with Crippen LogP contribution in [0, 0.1) is 0 Å². The summed E-state index contributed by atoms with van der Waals surface area (Å²) in [6.45, 7) is 8.54. The average molecular weight is 377 g/mol. The molecule has 0 radical (unpaired) electrons. The molecule has 1 unspecified atom stereocenters. The molecule has 1 atom stereocenters. The molecule has 0 aliphatic carbocycles. The van der Waals surface area contributed by atoms with Gasteiger partial charge in [-0.1, -0.05) is 31.2 Å². The average Bonchev–Trinajstić information content (AvgIpc) is 3.17. The van der Waals surface area contributed by atoms with Crippen LogP contribution in [-0.4, -0.2) is 45.2 Å². The summed E-state index contributed by atoms with van der Waals surface area (Å²) >= 11 is 0. The number of pyridine rings is 1. The molecule has 28 heavy (non-hydrogen) atoms. The maximum atomic E-state index is 13.3. The zero-order valence-corrected chi connectivity index (χ0v) is 16.7. The molecule has 3 aromatic rings. The largest absolute Gasteiger partial charge is 0.329 e. The van der Waals surface area contributed by atoms with Crippen molar-refractivity contribution in [3.8, 4) is 0 Å². The molecular formula is C22H27N5O. The number of aromatic nitrogens is 3. The van der Waals surface area contributed by atoms with Crippen LogP contribution < -0.4 is 5.32 Å². The standard InChI is InChI=1S/C22H27N5O/c1-4-16-5-7-17(8-6-16)20-14-23-9-10-26(20)22(28)19-11-18-13-25-27(15(2)3)21(18)24-12-19/h5-8,11-13,15,20,23H,4,9-10,14H2,1-3H3. The topological polar surface area (TPSA) is 63.1 Å². The number of benzene rings is 1. The van der Waals surface area contributed by atoms with Gasteiger partial charge in [0.15, 0.2) is 5.65 Å². The Labute approximate surface area is 165 Å². The lowest BCUT2D eigenvalue weighted by Gasteiger charge is -2.36. The smallest absolute Gasteiger partial charge is 0.256 e. The molecule has 1 saturated heterocycles. The Morgan fingerprint density at radius 3 is 2.75 bits per heavy atom. The van der Waals surface area contributed by atoms with E-state index >= 15 is 0 Å². The van der Waals surface area contributed by atoms with E-state index < -0.39 is 0 Å². The highest BCUT2D eigenvalue weighted by atomic mass is 16.2. The molecule has 1 amide bonds. The molecule has 4 rings (SSSR count). The number of nitrogens with one attached hydrogen (secondary N) is 1. The number of carbonyl (C=O) groups excluding carboxylic acids is 1. The molecule has 3 heterocycles. The van der Waals surface area contributed by atoms with E-state index in [4.69, 9.17) is 0 Å². The number of piperazine rings is 1. The van der Waals surface area contributed by atoms with Gasteiger partial charge in [0.2, 0.25) is 0 Å². The first-order chi connectivity index (χ1) is 13.6. The third-order valence-corrected chi connectivity index (χ3v) is 5.45. The van der Waals surface area contributed by atoms with Gasteiger partial charge in [0.1, 0.15) is 0 Å². The summed E-state index contributed by atoms with van der Waals surface area (Å²) in [5.74, 6) is 0.0257. The van der Waals surface area contributed by atoms with Gasteiger partial charge in [-0.25, -0.2) is 9.67 Å². The number of aryl methyl sites for hydroxylation is 1. The molecule has 6 nitrogen and oxygen atoms in total. The van der Waals surface area contributed by atoms with Gasteiger partial charge in [0.05, 0.1) is 17.8 Å². The van der Waals surface area contributed by atoms with E-state index in [0.29, 0.717) is 12.1 Å². The second-order valence-electron chi connectivity index (χ2n) is 7.63. The minimum Gasteiger partial charge on any atom is -0.329 e. The van der Waals surface area contributed by atoms with Crippen LogP contribution in [0.4, 0.5) is 0 Å². The summed E-state index contributed by atoms with van der Waals surface area (Å²) in [5.41, 5.74) is 3.91. The molecule has 6 heteroatoms.